The number of rotatable bonds is 2. The van der Waals surface area contributed by atoms with Crippen LogP contribution in [0.2, 0.25) is 0 Å². The van der Waals surface area contributed by atoms with Gasteiger partial charge in [0.25, 0.3) is 11.5 Å². The van der Waals surface area contributed by atoms with Gasteiger partial charge in [-0.1, -0.05) is 0 Å². The fourth-order valence-corrected chi connectivity index (χ4v) is 2.77. The van der Waals surface area contributed by atoms with Gasteiger partial charge >= 0.3 is 0 Å². The first-order valence-electron chi connectivity index (χ1n) is 7.37. The zero-order chi connectivity index (χ0) is 17.4. The topological polar surface area (TPSA) is 64.0 Å². The molecule has 0 fully saturated rings. The Morgan fingerprint density at radius 2 is 2.04 bits per heavy atom. The summed E-state index contributed by atoms with van der Waals surface area (Å²) in [6.07, 6.45) is 1.47. The maximum atomic E-state index is 13.7. The summed E-state index contributed by atoms with van der Waals surface area (Å²) in [7, 11) is 1.56. The highest BCUT2D eigenvalue weighted by Gasteiger charge is 2.25. The molecule has 1 atom stereocenters. The Bertz CT molecular complexity index is 880. The number of fused-ring (bicyclic) bond motifs is 1. The zero-order valence-electron chi connectivity index (χ0n) is 12.8. The molecule has 0 radical (unpaired) electrons. The van der Waals surface area contributed by atoms with Crippen LogP contribution < -0.4 is 10.9 Å². The van der Waals surface area contributed by atoms with Crippen molar-refractivity contribution in [1.29, 1.82) is 0 Å². The van der Waals surface area contributed by atoms with Gasteiger partial charge in [-0.2, -0.15) is 5.10 Å². The molecule has 1 aromatic heterocycles. The molecule has 1 aromatic carbocycles. The third kappa shape index (κ3) is 2.91. The fraction of sp³-hybridized carbons (Fsp3) is 0.312. The van der Waals surface area contributed by atoms with E-state index in [1.165, 1.54) is 10.7 Å². The number of carbonyl (C=O) groups excluding carboxylic acids is 1. The van der Waals surface area contributed by atoms with Gasteiger partial charge in [-0.3, -0.25) is 9.59 Å². The largest absolute Gasteiger partial charge is 0.349 e. The minimum absolute atomic E-state index is 0.257. The van der Waals surface area contributed by atoms with Crippen LogP contribution in [0.25, 0.3) is 0 Å². The summed E-state index contributed by atoms with van der Waals surface area (Å²) in [6, 6.07) is 2.72. The summed E-state index contributed by atoms with van der Waals surface area (Å²) in [5.74, 6) is -5.36. The quantitative estimate of drug-likeness (QED) is 0.845. The average Bonchev–Trinajstić information content (AvgIpc) is 2.54. The molecule has 0 saturated carbocycles. The standard InChI is InChI=1S/C16H14F3N3O2/c1-22-13(23)7-8-6-9(2-5-12(8)21-22)20-16(24)10-3-4-11(17)15(19)14(10)18/h3-4,7,9H,2,5-6H2,1H3,(H,20,24). The Hall–Kier alpha value is -2.64. The van der Waals surface area contributed by atoms with E-state index in [4.69, 9.17) is 0 Å². The molecular weight excluding hydrogens is 323 g/mol. The molecule has 1 N–H and O–H groups in total. The summed E-state index contributed by atoms with van der Waals surface area (Å²) in [5.41, 5.74) is 0.691. The first kappa shape index (κ1) is 16.2. The Kier molecular flexibility index (Phi) is 4.13. The van der Waals surface area contributed by atoms with Crippen LogP contribution in [0.5, 0.6) is 0 Å². The molecule has 5 nitrogen and oxygen atoms in total. The van der Waals surface area contributed by atoms with Gasteiger partial charge in [0.2, 0.25) is 0 Å². The predicted octanol–water partition coefficient (Wildman–Crippen LogP) is 1.48. The molecule has 8 heteroatoms. The normalized spacial score (nSPS) is 16.6. The first-order chi connectivity index (χ1) is 11.4. The Labute approximate surface area is 135 Å². The molecule has 2 aromatic rings. The number of nitrogens with one attached hydrogen (secondary N) is 1. The van der Waals surface area contributed by atoms with Crippen LogP contribution in [0.1, 0.15) is 28.0 Å². The molecule has 1 aliphatic carbocycles. The van der Waals surface area contributed by atoms with Crippen LogP contribution in [-0.4, -0.2) is 21.7 Å². The number of aromatic nitrogens is 2. The SMILES string of the molecule is Cn1nc2c(cc1=O)CC(NC(=O)c1ccc(F)c(F)c1F)CC2. The summed E-state index contributed by atoms with van der Waals surface area (Å²) in [4.78, 5) is 23.8. The Balaban J connectivity index is 1.78. The van der Waals surface area contributed by atoms with E-state index in [1.807, 2.05) is 0 Å². The number of benzene rings is 1. The van der Waals surface area contributed by atoms with Gasteiger partial charge in [0.15, 0.2) is 17.5 Å². The second kappa shape index (κ2) is 6.10. The van der Waals surface area contributed by atoms with E-state index in [-0.39, 0.29) is 11.6 Å². The van der Waals surface area contributed by atoms with Gasteiger partial charge in [-0.05, 0) is 37.0 Å². The zero-order valence-corrected chi connectivity index (χ0v) is 12.8. The molecule has 1 unspecified atom stereocenters. The molecular formula is C16H14F3N3O2. The van der Waals surface area contributed by atoms with Crippen LogP contribution in [0.15, 0.2) is 23.0 Å². The first-order valence-corrected chi connectivity index (χ1v) is 7.37. The molecule has 0 saturated heterocycles. The lowest BCUT2D eigenvalue weighted by atomic mass is 9.92. The van der Waals surface area contributed by atoms with Crippen molar-refractivity contribution >= 4 is 5.91 Å². The van der Waals surface area contributed by atoms with E-state index >= 15 is 0 Å². The van der Waals surface area contributed by atoms with E-state index in [0.29, 0.717) is 25.3 Å². The third-order valence-electron chi connectivity index (χ3n) is 4.07. The van der Waals surface area contributed by atoms with Gasteiger partial charge < -0.3 is 5.32 Å². The van der Waals surface area contributed by atoms with E-state index in [0.717, 1.165) is 17.3 Å². The van der Waals surface area contributed by atoms with E-state index in [1.54, 1.807) is 7.05 Å². The second-order valence-corrected chi connectivity index (χ2v) is 5.71. The summed E-state index contributed by atoms with van der Waals surface area (Å²) >= 11 is 0. The highest BCUT2D eigenvalue weighted by Crippen LogP contribution is 2.20. The van der Waals surface area contributed by atoms with Gasteiger partial charge in [0.05, 0.1) is 11.3 Å². The molecule has 1 amide bonds. The van der Waals surface area contributed by atoms with Crippen molar-refractivity contribution in [3.8, 4) is 0 Å². The van der Waals surface area contributed by atoms with Crippen molar-refractivity contribution in [3.05, 3.63) is 62.8 Å². The lowest BCUT2D eigenvalue weighted by Crippen LogP contribution is -2.40. The third-order valence-corrected chi connectivity index (χ3v) is 4.07. The van der Waals surface area contributed by atoms with E-state index in [2.05, 4.69) is 10.4 Å². The number of amides is 1. The average molecular weight is 337 g/mol. The van der Waals surface area contributed by atoms with Crippen molar-refractivity contribution in [2.75, 3.05) is 0 Å². The van der Waals surface area contributed by atoms with Crippen molar-refractivity contribution in [1.82, 2.24) is 15.1 Å². The minimum Gasteiger partial charge on any atom is -0.349 e. The van der Waals surface area contributed by atoms with Crippen molar-refractivity contribution in [2.24, 2.45) is 7.05 Å². The lowest BCUT2D eigenvalue weighted by Gasteiger charge is -2.25. The van der Waals surface area contributed by atoms with Crippen molar-refractivity contribution in [2.45, 2.75) is 25.3 Å². The number of aryl methyl sites for hydroxylation is 2. The second-order valence-electron chi connectivity index (χ2n) is 5.71. The molecule has 3 rings (SSSR count). The van der Waals surface area contributed by atoms with Gasteiger partial charge in [0, 0.05) is 19.2 Å². The van der Waals surface area contributed by atoms with Crippen molar-refractivity contribution in [3.63, 3.8) is 0 Å². The number of hydrogen-bond acceptors (Lipinski definition) is 3. The number of carbonyl (C=O) groups is 1. The molecule has 24 heavy (non-hydrogen) atoms. The minimum atomic E-state index is -1.68. The molecule has 1 heterocycles. The van der Waals surface area contributed by atoms with Crippen LogP contribution in [0.3, 0.4) is 0 Å². The number of hydrogen-bond donors (Lipinski definition) is 1. The Morgan fingerprint density at radius 1 is 1.29 bits per heavy atom. The fourth-order valence-electron chi connectivity index (χ4n) is 2.77. The summed E-state index contributed by atoms with van der Waals surface area (Å²) in [6.45, 7) is 0. The monoisotopic (exact) mass is 337 g/mol. The van der Waals surface area contributed by atoms with Gasteiger partial charge in [0.1, 0.15) is 0 Å². The molecule has 126 valence electrons. The van der Waals surface area contributed by atoms with Crippen LogP contribution >= 0.6 is 0 Å². The maximum Gasteiger partial charge on any atom is 0.266 e. The van der Waals surface area contributed by atoms with Crippen LogP contribution in [0, 0.1) is 17.5 Å². The predicted molar refractivity (Wildman–Crippen MR) is 79.1 cm³/mol. The van der Waals surface area contributed by atoms with Crippen molar-refractivity contribution < 1.29 is 18.0 Å². The smallest absolute Gasteiger partial charge is 0.266 e. The van der Waals surface area contributed by atoms with Gasteiger partial charge in [-0.15, -0.1) is 0 Å². The number of nitrogens with zero attached hydrogens (tertiary/aromatic N) is 2. The van der Waals surface area contributed by atoms with Gasteiger partial charge in [-0.25, -0.2) is 17.9 Å². The molecule has 0 bridgehead atoms. The maximum absolute atomic E-state index is 13.7. The van der Waals surface area contributed by atoms with E-state index < -0.39 is 28.9 Å². The summed E-state index contributed by atoms with van der Waals surface area (Å²) < 4.78 is 41.1. The molecule has 0 aliphatic heterocycles. The van der Waals surface area contributed by atoms with E-state index in [9.17, 15) is 22.8 Å². The lowest BCUT2D eigenvalue weighted by molar-refractivity contribution is 0.0928. The molecule has 1 aliphatic rings. The highest BCUT2D eigenvalue weighted by molar-refractivity contribution is 5.94. The van der Waals surface area contributed by atoms with Crippen LogP contribution in [-0.2, 0) is 19.9 Å². The number of halogens is 3. The summed E-state index contributed by atoms with van der Waals surface area (Å²) in [5, 5.41) is 6.75. The highest BCUT2D eigenvalue weighted by atomic mass is 19.2. The van der Waals surface area contributed by atoms with Crippen LogP contribution in [0.4, 0.5) is 13.2 Å². The Morgan fingerprint density at radius 3 is 2.79 bits per heavy atom. The molecule has 0 spiro atoms.